The number of aryl methyl sites for hydroxylation is 1. The average Bonchev–Trinajstić information content (AvgIpc) is 2.38. The molecule has 1 aromatic carbocycles. The molecular weight excluding hydrogens is 252 g/mol. The number of nitrogens with zero attached hydrogens (tertiary/aromatic N) is 1. The fourth-order valence-electron chi connectivity index (χ4n) is 2.24. The van der Waals surface area contributed by atoms with Crippen LogP contribution in [0.2, 0.25) is 0 Å². The zero-order valence-electron chi connectivity index (χ0n) is 10.6. The van der Waals surface area contributed by atoms with Crippen molar-refractivity contribution in [3.63, 3.8) is 0 Å². The van der Waals surface area contributed by atoms with Crippen molar-refractivity contribution in [2.24, 2.45) is 0 Å². The number of carbonyl (C=O) groups excluding carboxylic acids is 1. The van der Waals surface area contributed by atoms with Crippen LogP contribution in [0.25, 0.3) is 0 Å². The van der Waals surface area contributed by atoms with Crippen LogP contribution in [-0.4, -0.2) is 35.1 Å². The summed E-state index contributed by atoms with van der Waals surface area (Å²) in [7, 11) is 0. The maximum absolute atomic E-state index is 13.4. The van der Waals surface area contributed by atoms with Crippen molar-refractivity contribution in [3.8, 4) is 0 Å². The molecule has 2 rings (SSSR count). The van der Waals surface area contributed by atoms with E-state index in [0.717, 1.165) is 6.07 Å². The van der Waals surface area contributed by atoms with Crippen molar-refractivity contribution in [1.82, 2.24) is 4.90 Å². The Morgan fingerprint density at radius 2 is 2.00 bits per heavy atom. The number of aliphatic hydroxyl groups is 1. The van der Waals surface area contributed by atoms with E-state index >= 15 is 0 Å². The van der Waals surface area contributed by atoms with Crippen molar-refractivity contribution in [1.29, 1.82) is 0 Å². The number of hydrogen-bond donors (Lipinski definition) is 1. The second kappa shape index (κ2) is 6.10. The van der Waals surface area contributed by atoms with Crippen LogP contribution in [-0.2, 0) is 11.2 Å². The van der Waals surface area contributed by atoms with E-state index in [-0.39, 0.29) is 24.9 Å². The van der Waals surface area contributed by atoms with Crippen molar-refractivity contribution < 1.29 is 18.7 Å². The zero-order valence-corrected chi connectivity index (χ0v) is 10.6. The number of amides is 1. The molecule has 1 fully saturated rings. The minimum absolute atomic E-state index is 0.0457. The van der Waals surface area contributed by atoms with Crippen LogP contribution in [0.4, 0.5) is 8.78 Å². The first kappa shape index (κ1) is 13.9. The standard InChI is InChI=1S/C14H17F2NO2/c15-11-3-1-10(13(16)9-11)2-4-14(19)17-7-5-12(18)6-8-17/h1,3,9,12,18H,2,4-8H2. The highest BCUT2D eigenvalue weighted by molar-refractivity contribution is 5.76. The first-order valence-electron chi connectivity index (χ1n) is 6.46. The average molecular weight is 269 g/mol. The largest absolute Gasteiger partial charge is 0.393 e. The van der Waals surface area contributed by atoms with E-state index in [0.29, 0.717) is 31.5 Å². The number of rotatable bonds is 3. The van der Waals surface area contributed by atoms with Crippen molar-refractivity contribution >= 4 is 5.91 Å². The molecule has 0 radical (unpaired) electrons. The molecule has 19 heavy (non-hydrogen) atoms. The summed E-state index contributed by atoms with van der Waals surface area (Å²) >= 11 is 0. The van der Waals surface area contributed by atoms with E-state index in [1.165, 1.54) is 12.1 Å². The monoisotopic (exact) mass is 269 g/mol. The predicted molar refractivity (Wildman–Crippen MR) is 66.5 cm³/mol. The number of hydrogen-bond acceptors (Lipinski definition) is 2. The van der Waals surface area contributed by atoms with E-state index in [4.69, 9.17) is 0 Å². The van der Waals surface area contributed by atoms with Crippen LogP contribution in [0, 0.1) is 11.6 Å². The molecule has 1 saturated heterocycles. The molecular formula is C14H17F2NO2. The summed E-state index contributed by atoms with van der Waals surface area (Å²) < 4.78 is 26.1. The molecule has 0 saturated carbocycles. The van der Waals surface area contributed by atoms with Crippen molar-refractivity contribution in [2.75, 3.05) is 13.1 Å². The Hall–Kier alpha value is -1.49. The van der Waals surface area contributed by atoms with E-state index in [1.807, 2.05) is 0 Å². The molecule has 0 spiro atoms. The minimum Gasteiger partial charge on any atom is -0.393 e. The van der Waals surface area contributed by atoms with E-state index in [2.05, 4.69) is 0 Å². The Bertz CT molecular complexity index is 457. The molecule has 0 bridgehead atoms. The summed E-state index contributed by atoms with van der Waals surface area (Å²) in [5.41, 5.74) is 0.354. The van der Waals surface area contributed by atoms with Crippen LogP contribution < -0.4 is 0 Å². The van der Waals surface area contributed by atoms with E-state index < -0.39 is 11.6 Å². The van der Waals surface area contributed by atoms with Gasteiger partial charge in [0.1, 0.15) is 11.6 Å². The molecule has 0 unspecified atom stereocenters. The molecule has 1 heterocycles. The third-order valence-corrected chi connectivity index (χ3v) is 3.44. The van der Waals surface area contributed by atoms with Gasteiger partial charge in [-0.3, -0.25) is 4.79 Å². The number of carbonyl (C=O) groups is 1. The highest BCUT2D eigenvalue weighted by atomic mass is 19.1. The second-order valence-corrected chi connectivity index (χ2v) is 4.85. The Kier molecular flexibility index (Phi) is 4.47. The molecule has 104 valence electrons. The first-order chi connectivity index (χ1) is 9.06. The van der Waals surface area contributed by atoms with Crippen LogP contribution in [0.1, 0.15) is 24.8 Å². The molecule has 1 N–H and O–H groups in total. The lowest BCUT2D eigenvalue weighted by Gasteiger charge is -2.29. The summed E-state index contributed by atoms with van der Waals surface area (Å²) in [6, 6.07) is 3.40. The maximum Gasteiger partial charge on any atom is 0.222 e. The Morgan fingerprint density at radius 3 is 2.63 bits per heavy atom. The quantitative estimate of drug-likeness (QED) is 0.910. The van der Waals surface area contributed by atoms with Crippen LogP contribution in [0.15, 0.2) is 18.2 Å². The summed E-state index contributed by atoms with van der Waals surface area (Å²) in [6.07, 6.45) is 1.34. The van der Waals surface area contributed by atoms with Gasteiger partial charge < -0.3 is 10.0 Å². The van der Waals surface area contributed by atoms with E-state index in [1.54, 1.807) is 4.90 Å². The highest BCUT2D eigenvalue weighted by Gasteiger charge is 2.21. The minimum atomic E-state index is -0.613. The number of halogens is 2. The Balaban J connectivity index is 1.86. The normalized spacial score (nSPS) is 16.7. The number of aliphatic hydroxyl groups excluding tert-OH is 1. The highest BCUT2D eigenvalue weighted by Crippen LogP contribution is 2.15. The summed E-state index contributed by atoms with van der Waals surface area (Å²) in [5.74, 6) is -1.27. The molecule has 1 amide bonds. The summed E-state index contributed by atoms with van der Waals surface area (Å²) in [6.45, 7) is 1.10. The van der Waals surface area contributed by atoms with Gasteiger partial charge in [-0.2, -0.15) is 0 Å². The number of likely N-dealkylation sites (tertiary alicyclic amines) is 1. The third kappa shape index (κ3) is 3.73. The molecule has 5 heteroatoms. The van der Waals surface area contributed by atoms with Gasteiger partial charge in [-0.15, -0.1) is 0 Å². The number of benzene rings is 1. The van der Waals surface area contributed by atoms with Gasteiger partial charge in [-0.1, -0.05) is 6.07 Å². The topological polar surface area (TPSA) is 40.5 Å². The van der Waals surface area contributed by atoms with Gasteiger partial charge in [0.2, 0.25) is 5.91 Å². The fraction of sp³-hybridized carbons (Fsp3) is 0.500. The van der Waals surface area contributed by atoms with Gasteiger partial charge in [0.05, 0.1) is 6.10 Å². The Morgan fingerprint density at radius 1 is 1.32 bits per heavy atom. The third-order valence-electron chi connectivity index (χ3n) is 3.44. The van der Waals surface area contributed by atoms with Gasteiger partial charge in [0.15, 0.2) is 0 Å². The lowest BCUT2D eigenvalue weighted by molar-refractivity contribution is -0.133. The van der Waals surface area contributed by atoms with E-state index in [9.17, 15) is 18.7 Å². The van der Waals surface area contributed by atoms with Crippen molar-refractivity contribution in [3.05, 3.63) is 35.4 Å². The summed E-state index contributed by atoms with van der Waals surface area (Å²) in [5, 5.41) is 9.36. The number of piperidine rings is 1. The molecule has 1 aliphatic rings. The van der Waals surface area contributed by atoms with Gasteiger partial charge in [-0.05, 0) is 30.9 Å². The van der Waals surface area contributed by atoms with Gasteiger partial charge in [-0.25, -0.2) is 8.78 Å². The first-order valence-corrected chi connectivity index (χ1v) is 6.46. The summed E-state index contributed by atoms with van der Waals surface area (Å²) in [4.78, 5) is 13.6. The maximum atomic E-state index is 13.4. The van der Waals surface area contributed by atoms with Gasteiger partial charge in [0, 0.05) is 25.6 Å². The molecule has 1 aromatic rings. The lowest BCUT2D eigenvalue weighted by atomic mass is 10.1. The fourth-order valence-corrected chi connectivity index (χ4v) is 2.24. The molecule has 0 atom stereocenters. The second-order valence-electron chi connectivity index (χ2n) is 4.85. The smallest absolute Gasteiger partial charge is 0.222 e. The van der Waals surface area contributed by atoms with Gasteiger partial charge >= 0.3 is 0 Å². The Labute approximate surface area is 110 Å². The molecule has 3 nitrogen and oxygen atoms in total. The van der Waals surface area contributed by atoms with Crippen LogP contribution in [0.3, 0.4) is 0 Å². The van der Waals surface area contributed by atoms with Crippen LogP contribution in [0.5, 0.6) is 0 Å². The molecule has 1 aliphatic heterocycles. The SMILES string of the molecule is O=C(CCc1ccc(F)cc1F)N1CCC(O)CC1. The molecule has 0 aromatic heterocycles. The molecule has 0 aliphatic carbocycles. The zero-order chi connectivity index (χ0) is 13.8. The predicted octanol–water partition coefficient (Wildman–Crippen LogP) is 1.88. The lowest BCUT2D eigenvalue weighted by Crippen LogP contribution is -2.40. The van der Waals surface area contributed by atoms with Crippen LogP contribution >= 0.6 is 0 Å². The van der Waals surface area contributed by atoms with Gasteiger partial charge in [0.25, 0.3) is 0 Å². The van der Waals surface area contributed by atoms with Crippen molar-refractivity contribution in [2.45, 2.75) is 31.8 Å².